The third kappa shape index (κ3) is 5.08. The van der Waals surface area contributed by atoms with Gasteiger partial charge in [0.15, 0.2) is 0 Å². The van der Waals surface area contributed by atoms with E-state index in [9.17, 15) is 5.11 Å². The second-order valence-electron chi connectivity index (χ2n) is 8.72. The zero-order chi connectivity index (χ0) is 21.5. The van der Waals surface area contributed by atoms with Crippen LogP contribution in [0.1, 0.15) is 26.3 Å². The van der Waals surface area contributed by atoms with Gasteiger partial charge in [-0.2, -0.15) is 0 Å². The Labute approximate surface area is 181 Å². The van der Waals surface area contributed by atoms with E-state index >= 15 is 0 Å². The Morgan fingerprint density at radius 1 is 0.800 bits per heavy atom. The third-order valence-electron chi connectivity index (χ3n) is 5.58. The highest BCUT2D eigenvalue weighted by Crippen LogP contribution is 2.36. The van der Waals surface area contributed by atoms with Crippen molar-refractivity contribution in [3.05, 3.63) is 96.6 Å². The first-order valence-electron chi connectivity index (χ1n) is 10.6. The molecule has 4 heteroatoms. The van der Waals surface area contributed by atoms with Crippen molar-refractivity contribution in [2.75, 3.05) is 13.2 Å². The van der Waals surface area contributed by atoms with Gasteiger partial charge in [0.25, 0.3) is 8.32 Å². The van der Waals surface area contributed by atoms with Gasteiger partial charge in [-0.05, 0) is 21.0 Å². The summed E-state index contributed by atoms with van der Waals surface area (Å²) in [6.45, 7) is 8.00. The fourth-order valence-electron chi connectivity index (χ4n) is 4.02. The van der Waals surface area contributed by atoms with E-state index in [2.05, 4.69) is 86.8 Å². The minimum atomic E-state index is -2.59. The normalized spacial score (nSPS) is 13.2. The highest BCUT2D eigenvalue weighted by atomic mass is 28.4. The van der Waals surface area contributed by atoms with E-state index in [0.29, 0.717) is 13.2 Å². The maximum absolute atomic E-state index is 10.0. The smallest absolute Gasteiger partial charge is 0.261 e. The molecule has 0 aromatic heterocycles. The van der Waals surface area contributed by atoms with Gasteiger partial charge in [-0.3, -0.25) is 0 Å². The average Bonchev–Trinajstić information content (AvgIpc) is 2.77. The summed E-state index contributed by atoms with van der Waals surface area (Å²) in [7, 11) is -2.59. The van der Waals surface area contributed by atoms with Crippen molar-refractivity contribution in [2.24, 2.45) is 0 Å². The van der Waals surface area contributed by atoms with Gasteiger partial charge in [-0.15, -0.1) is 0 Å². The molecule has 0 aliphatic rings. The predicted molar refractivity (Wildman–Crippen MR) is 128 cm³/mol. The number of aliphatic hydroxyl groups excluding tert-OH is 1. The molecule has 0 saturated heterocycles. The van der Waals surface area contributed by atoms with Crippen molar-refractivity contribution >= 4 is 18.7 Å². The van der Waals surface area contributed by atoms with Crippen LogP contribution in [0.25, 0.3) is 0 Å². The Kier molecular flexibility index (Phi) is 7.62. The molecule has 0 amide bonds. The van der Waals surface area contributed by atoms with Crippen LogP contribution in [0.5, 0.6) is 0 Å². The molecule has 2 N–H and O–H groups in total. The van der Waals surface area contributed by atoms with Gasteiger partial charge in [0.05, 0.1) is 19.3 Å². The molecule has 0 aliphatic carbocycles. The second kappa shape index (κ2) is 10.2. The maximum Gasteiger partial charge on any atom is 0.261 e. The highest BCUT2D eigenvalue weighted by Gasteiger charge is 2.50. The van der Waals surface area contributed by atoms with Crippen molar-refractivity contribution in [1.82, 2.24) is 5.32 Å². The molecule has 0 radical (unpaired) electrons. The van der Waals surface area contributed by atoms with Crippen LogP contribution in [0.3, 0.4) is 0 Å². The summed E-state index contributed by atoms with van der Waals surface area (Å²) in [4.78, 5) is 0. The summed E-state index contributed by atoms with van der Waals surface area (Å²) in [5.74, 6) is 0. The molecule has 158 valence electrons. The molecular weight excluding hydrogens is 386 g/mol. The van der Waals surface area contributed by atoms with Crippen molar-refractivity contribution in [3.8, 4) is 0 Å². The molecule has 1 unspecified atom stereocenters. The number of aliphatic hydroxyl groups is 1. The van der Waals surface area contributed by atoms with Crippen LogP contribution in [0.2, 0.25) is 5.04 Å². The first kappa shape index (κ1) is 22.4. The zero-order valence-corrected chi connectivity index (χ0v) is 19.2. The van der Waals surface area contributed by atoms with Crippen LogP contribution in [-0.4, -0.2) is 32.7 Å². The van der Waals surface area contributed by atoms with Gasteiger partial charge in [-0.1, -0.05) is 112 Å². The Morgan fingerprint density at radius 2 is 1.27 bits per heavy atom. The van der Waals surface area contributed by atoms with E-state index in [1.807, 2.05) is 30.3 Å². The summed E-state index contributed by atoms with van der Waals surface area (Å²) >= 11 is 0. The van der Waals surface area contributed by atoms with Gasteiger partial charge < -0.3 is 14.8 Å². The summed E-state index contributed by atoms with van der Waals surface area (Å²) in [5.41, 5.74) is 1.20. The number of nitrogens with one attached hydrogen (secondary N) is 1. The number of hydrogen-bond acceptors (Lipinski definition) is 3. The zero-order valence-electron chi connectivity index (χ0n) is 18.2. The quantitative estimate of drug-likeness (QED) is 0.520. The predicted octanol–water partition coefficient (Wildman–Crippen LogP) is 3.71. The highest BCUT2D eigenvalue weighted by molar-refractivity contribution is 6.99. The molecule has 3 aromatic carbocycles. The molecule has 1 atom stereocenters. The van der Waals surface area contributed by atoms with Crippen molar-refractivity contribution in [1.29, 1.82) is 0 Å². The largest absolute Gasteiger partial charge is 0.406 e. The van der Waals surface area contributed by atoms with Crippen LogP contribution in [0, 0.1) is 0 Å². The molecule has 30 heavy (non-hydrogen) atoms. The summed E-state index contributed by atoms with van der Waals surface area (Å²) in [5, 5.41) is 15.9. The van der Waals surface area contributed by atoms with Crippen molar-refractivity contribution in [3.63, 3.8) is 0 Å². The number of benzene rings is 3. The van der Waals surface area contributed by atoms with Crippen LogP contribution < -0.4 is 15.7 Å². The van der Waals surface area contributed by atoms with Gasteiger partial charge in [0.2, 0.25) is 0 Å². The van der Waals surface area contributed by atoms with Gasteiger partial charge >= 0.3 is 0 Å². The molecule has 0 aliphatic heterocycles. The summed E-state index contributed by atoms with van der Waals surface area (Å²) in [6, 6.07) is 31.3. The molecule has 0 bridgehead atoms. The molecule has 3 rings (SSSR count). The standard InChI is InChI=1S/C26H33NO2Si/c1-26(2,3)30(24-15-9-5-10-16-24,25-17-11-6-12-18-25)29-21-23(20-28)27-19-22-13-7-4-8-14-22/h4-18,23,27-28H,19-21H2,1-3H3. The molecule has 0 heterocycles. The van der Waals surface area contributed by atoms with E-state index in [0.717, 1.165) is 0 Å². The topological polar surface area (TPSA) is 41.5 Å². The molecule has 3 nitrogen and oxygen atoms in total. The van der Waals surface area contributed by atoms with Crippen molar-refractivity contribution < 1.29 is 9.53 Å². The summed E-state index contributed by atoms with van der Waals surface area (Å²) in [6.07, 6.45) is 0. The lowest BCUT2D eigenvalue weighted by Crippen LogP contribution is -2.67. The van der Waals surface area contributed by atoms with Crippen molar-refractivity contribution in [2.45, 2.75) is 38.4 Å². The molecular formula is C26H33NO2Si. The monoisotopic (exact) mass is 419 g/mol. The lowest BCUT2D eigenvalue weighted by atomic mass is 10.2. The third-order valence-corrected chi connectivity index (χ3v) is 10.6. The number of rotatable bonds is 9. The maximum atomic E-state index is 10.0. The van der Waals surface area contributed by atoms with E-state index in [4.69, 9.17) is 4.43 Å². The van der Waals surface area contributed by atoms with Gasteiger partial charge in [0.1, 0.15) is 0 Å². The van der Waals surface area contributed by atoms with E-state index in [-0.39, 0.29) is 17.7 Å². The van der Waals surface area contributed by atoms with Crippen LogP contribution in [-0.2, 0) is 11.0 Å². The molecule has 3 aromatic rings. The lowest BCUT2D eigenvalue weighted by Gasteiger charge is -2.43. The first-order chi connectivity index (χ1) is 14.5. The van der Waals surface area contributed by atoms with Crippen LogP contribution in [0.4, 0.5) is 0 Å². The Morgan fingerprint density at radius 3 is 1.70 bits per heavy atom. The van der Waals surface area contributed by atoms with Crippen LogP contribution in [0.15, 0.2) is 91.0 Å². The van der Waals surface area contributed by atoms with E-state index in [1.54, 1.807) is 0 Å². The Balaban J connectivity index is 1.88. The minimum absolute atomic E-state index is 0.0328. The number of hydrogen-bond donors (Lipinski definition) is 2. The van der Waals surface area contributed by atoms with Gasteiger partial charge in [-0.25, -0.2) is 0 Å². The minimum Gasteiger partial charge on any atom is -0.406 e. The first-order valence-corrected chi connectivity index (χ1v) is 12.5. The molecule has 0 fully saturated rings. The van der Waals surface area contributed by atoms with E-state index < -0.39 is 8.32 Å². The SMILES string of the molecule is CC(C)(C)[Si](OCC(CO)NCc1ccccc1)(c1ccccc1)c1ccccc1. The fraction of sp³-hybridized carbons (Fsp3) is 0.308. The van der Waals surface area contributed by atoms with Gasteiger partial charge in [0, 0.05) is 6.54 Å². The fourth-order valence-corrected chi connectivity index (χ4v) is 8.63. The second-order valence-corrected chi connectivity index (χ2v) is 13.0. The Bertz CT molecular complexity index is 840. The van der Waals surface area contributed by atoms with E-state index in [1.165, 1.54) is 15.9 Å². The molecule has 0 saturated carbocycles. The lowest BCUT2D eigenvalue weighted by molar-refractivity contribution is 0.176. The summed E-state index contributed by atoms with van der Waals surface area (Å²) < 4.78 is 6.92. The molecule has 0 spiro atoms. The average molecular weight is 420 g/mol. The van der Waals surface area contributed by atoms with Crippen LogP contribution >= 0.6 is 0 Å². The Hall–Kier alpha value is -2.24.